The average molecular weight is 402 g/mol. The Morgan fingerprint density at radius 1 is 0.733 bits per heavy atom. The SMILES string of the molecule is O=C(COc1ccccc1)N1CCN(Cc2cccc(Oc3ccccc3)c2)CC1. The molecule has 1 heterocycles. The van der Waals surface area contributed by atoms with E-state index in [1.807, 2.05) is 77.7 Å². The monoisotopic (exact) mass is 402 g/mol. The van der Waals surface area contributed by atoms with E-state index in [1.54, 1.807) is 0 Å². The second-order valence-electron chi connectivity index (χ2n) is 7.32. The van der Waals surface area contributed by atoms with Gasteiger partial charge in [-0.2, -0.15) is 0 Å². The summed E-state index contributed by atoms with van der Waals surface area (Å²) in [6, 6.07) is 27.4. The normalized spacial score (nSPS) is 14.3. The van der Waals surface area contributed by atoms with Gasteiger partial charge in [0.2, 0.25) is 0 Å². The molecule has 0 aliphatic carbocycles. The summed E-state index contributed by atoms with van der Waals surface area (Å²) in [7, 11) is 0. The molecule has 0 aromatic heterocycles. The molecule has 1 aliphatic rings. The van der Waals surface area contributed by atoms with Crippen LogP contribution in [-0.2, 0) is 11.3 Å². The Balaban J connectivity index is 1.24. The molecule has 0 atom stereocenters. The van der Waals surface area contributed by atoms with Gasteiger partial charge >= 0.3 is 0 Å². The molecule has 1 amide bonds. The third-order valence-electron chi connectivity index (χ3n) is 5.11. The third kappa shape index (κ3) is 5.61. The summed E-state index contributed by atoms with van der Waals surface area (Å²) in [4.78, 5) is 16.7. The Labute approximate surface area is 177 Å². The molecule has 0 bridgehead atoms. The van der Waals surface area contributed by atoms with E-state index in [0.29, 0.717) is 0 Å². The molecular weight excluding hydrogens is 376 g/mol. The highest BCUT2D eigenvalue weighted by Crippen LogP contribution is 2.22. The summed E-state index contributed by atoms with van der Waals surface area (Å²) in [5.41, 5.74) is 1.20. The Bertz CT molecular complexity index is 939. The van der Waals surface area contributed by atoms with Gasteiger partial charge in [-0.15, -0.1) is 0 Å². The van der Waals surface area contributed by atoms with E-state index in [9.17, 15) is 4.79 Å². The molecule has 3 aromatic carbocycles. The first-order valence-corrected chi connectivity index (χ1v) is 10.3. The number of ether oxygens (including phenoxy) is 2. The molecule has 1 saturated heterocycles. The van der Waals surface area contributed by atoms with Crippen LogP contribution in [0.2, 0.25) is 0 Å². The van der Waals surface area contributed by atoms with Crippen LogP contribution in [0.3, 0.4) is 0 Å². The van der Waals surface area contributed by atoms with Crippen molar-refractivity contribution in [3.63, 3.8) is 0 Å². The first kappa shape index (κ1) is 20.0. The van der Waals surface area contributed by atoms with E-state index in [-0.39, 0.29) is 12.5 Å². The number of amides is 1. The summed E-state index contributed by atoms with van der Waals surface area (Å²) < 4.78 is 11.5. The van der Waals surface area contributed by atoms with Gasteiger partial charge in [-0.3, -0.25) is 9.69 Å². The van der Waals surface area contributed by atoms with E-state index in [0.717, 1.165) is 50.0 Å². The lowest BCUT2D eigenvalue weighted by molar-refractivity contribution is -0.135. The van der Waals surface area contributed by atoms with Gasteiger partial charge in [0, 0.05) is 32.7 Å². The largest absolute Gasteiger partial charge is 0.484 e. The number of carbonyl (C=O) groups excluding carboxylic acids is 1. The van der Waals surface area contributed by atoms with Crippen molar-refractivity contribution >= 4 is 5.91 Å². The molecule has 0 spiro atoms. The summed E-state index contributed by atoms with van der Waals surface area (Å²) in [5, 5.41) is 0. The van der Waals surface area contributed by atoms with Crippen molar-refractivity contribution in [2.45, 2.75) is 6.54 Å². The minimum absolute atomic E-state index is 0.0387. The van der Waals surface area contributed by atoms with Gasteiger partial charge in [-0.25, -0.2) is 0 Å². The lowest BCUT2D eigenvalue weighted by atomic mass is 10.2. The van der Waals surface area contributed by atoms with Crippen LogP contribution in [-0.4, -0.2) is 48.5 Å². The van der Waals surface area contributed by atoms with Crippen molar-refractivity contribution in [2.24, 2.45) is 0 Å². The highest BCUT2D eigenvalue weighted by atomic mass is 16.5. The van der Waals surface area contributed by atoms with Crippen molar-refractivity contribution < 1.29 is 14.3 Å². The Kier molecular flexibility index (Phi) is 6.62. The zero-order valence-corrected chi connectivity index (χ0v) is 16.9. The second-order valence-corrected chi connectivity index (χ2v) is 7.32. The minimum Gasteiger partial charge on any atom is -0.484 e. The van der Waals surface area contributed by atoms with Crippen LogP contribution in [0.15, 0.2) is 84.9 Å². The maximum absolute atomic E-state index is 12.4. The van der Waals surface area contributed by atoms with Gasteiger partial charge in [-0.1, -0.05) is 48.5 Å². The highest BCUT2D eigenvalue weighted by molar-refractivity contribution is 5.77. The number of hydrogen-bond donors (Lipinski definition) is 0. The van der Waals surface area contributed by atoms with Crippen molar-refractivity contribution in [1.29, 1.82) is 0 Å². The van der Waals surface area contributed by atoms with Crippen LogP contribution < -0.4 is 9.47 Å². The van der Waals surface area contributed by atoms with Gasteiger partial charge in [0.25, 0.3) is 5.91 Å². The van der Waals surface area contributed by atoms with E-state index >= 15 is 0 Å². The number of nitrogens with zero attached hydrogens (tertiary/aromatic N) is 2. The number of carbonyl (C=O) groups is 1. The van der Waals surface area contributed by atoms with Crippen LogP contribution in [0, 0.1) is 0 Å². The molecule has 0 radical (unpaired) electrons. The van der Waals surface area contributed by atoms with Crippen LogP contribution in [0.1, 0.15) is 5.56 Å². The van der Waals surface area contributed by atoms with Crippen LogP contribution in [0.4, 0.5) is 0 Å². The fourth-order valence-corrected chi connectivity index (χ4v) is 3.50. The molecular formula is C25H26N2O3. The summed E-state index contributed by atoms with van der Waals surface area (Å²) >= 11 is 0. The second kappa shape index (κ2) is 9.94. The Hall–Kier alpha value is -3.31. The molecule has 1 aliphatic heterocycles. The van der Waals surface area contributed by atoms with E-state index < -0.39 is 0 Å². The molecule has 4 rings (SSSR count). The number of rotatable bonds is 7. The number of benzene rings is 3. The maximum atomic E-state index is 12.4. The fraction of sp³-hybridized carbons (Fsp3) is 0.240. The molecule has 1 fully saturated rings. The molecule has 154 valence electrons. The van der Waals surface area contributed by atoms with Gasteiger partial charge in [0.1, 0.15) is 17.2 Å². The van der Waals surface area contributed by atoms with Gasteiger partial charge < -0.3 is 14.4 Å². The standard InChI is InChI=1S/C25H26N2O3/c28-25(20-29-22-9-3-1-4-10-22)27-16-14-26(15-17-27)19-21-8-7-13-24(18-21)30-23-11-5-2-6-12-23/h1-13,18H,14-17,19-20H2. The predicted octanol–water partition coefficient (Wildman–Crippen LogP) is 4.20. The fourth-order valence-electron chi connectivity index (χ4n) is 3.50. The molecule has 0 saturated carbocycles. The smallest absolute Gasteiger partial charge is 0.260 e. The first-order valence-electron chi connectivity index (χ1n) is 10.3. The number of hydrogen-bond acceptors (Lipinski definition) is 4. The molecule has 5 heteroatoms. The maximum Gasteiger partial charge on any atom is 0.260 e. The summed E-state index contributed by atoms with van der Waals surface area (Å²) in [6.45, 7) is 4.06. The predicted molar refractivity (Wildman–Crippen MR) is 117 cm³/mol. The van der Waals surface area contributed by atoms with Gasteiger partial charge in [0.05, 0.1) is 0 Å². The zero-order chi connectivity index (χ0) is 20.6. The van der Waals surface area contributed by atoms with Gasteiger partial charge in [0.15, 0.2) is 6.61 Å². The summed E-state index contributed by atoms with van der Waals surface area (Å²) in [6.07, 6.45) is 0. The average Bonchev–Trinajstić information content (AvgIpc) is 2.80. The van der Waals surface area contributed by atoms with Crippen molar-refractivity contribution in [1.82, 2.24) is 9.80 Å². The van der Waals surface area contributed by atoms with E-state index in [4.69, 9.17) is 9.47 Å². The van der Waals surface area contributed by atoms with Crippen LogP contribution in [0.25, 0.3) is 0 Å². The summed E-state index contributed by atoms with van der Waals surface area (Å²) in [5.74, 6) is 2.43. The van der Waals surface area contributed by atoms with E-state index in [1.165, 1.54) is 5.56 Å². The van der Waals surface area contributed by atoms with Crippen molar-refractivity contribution in [2.75, 3.05) is 32.8 Å². The topological polar surface area (TPSA) is 42.0 Å². The lowest BCUT2D eigenvalue weighted by Crippen LogP contribution is -2.49. The zero-order valence-electron chi connectivity index (χ0n) is 16.9. The highest BCUT2D eigenvalue weighted by Gasteiger charge is 2.21. The van der Waals surface area contributed by atoms with Gasteiger partial charge in [-0.05, 0) is 42.0 Å². The van der Waals surface area contributed by atoms with Crippen molar-refractivity contribution in [3.05, 3.63) is 90.5 Å². The minimum atomic E-state index is 0.0387. The number of para-hydroxylation sites is 2. The number of piperazine rings is 1. The third-order valence-corrected chi connectivity index (χ3v) is 5.11. The lowest BCUT2D eigenvalue weighted by Gasteiger charge is -2.34. The molecule has 0 N–H and O–H groups in total. The van der Waals surface area contributed by atoms with Crippen molar-refractivity contribution in [3.8, 4) is 17.2 Å². The molecule has 30 heavy (non-hydrogen) atoms. The van der Waals surface area contributed by atoms with Crippen LogP contribution in [0.5, 0.6) is 17.2 Å². The Morgan fingerprint density at radius 2 is 1.37 bits per heavy atom. The Morgan fingerprint density at radius 3 is 2.07 bits per heavy atom. The molecule has 3 aromatic rings. The first-order chi connectivity index (χ1) is 14.8. The van der Waals surface area contributed by atoms with Crippen LogP contribution >= 0.6 is 0 Å². The quantitative estimate of drug-likeness (QED) is 0.594. The molecule has 5 nitrogen and oxygen atoms in total. The molecule has 0 unspecified atom stereocenters. The van der Waals surface area contributed by atoms with E-state index in [2.05, 4.69) is 17.0 Å².